The van der Waals surface area contributed by atoms with Crippen LogP contribution in [-0.2, 0) is 10.0 Å². The van der Waals surface area contributed by atoms with Crippen LogP contribution in [0.3, 0.4) is 0 Å². The van der Waals surface area contributed by atoms with Crippen LogP contribution in [0.25, 0.3) is 0 Å². The summed E-state index contributed by atoms with van der Waals surface area (Å²) in [6, 6.07) is 5.59. The van der Waals surface area contributed by atoms with Crippen LogP contribution in [0.4, 0.5) is 11.5 Å². The van der Waals surface area contributed by atoms with Crippen molar-refractivity contribution in [3.8, 4) is 5.75 Å². The van der Waals surface area contributed by atoms with Crippen LogP contribution in [0.15, 0.2) is 41.4 Å². The molecule has 0 saturated heterocycles. The van der Waals surface area contributed by atoms with Gasteiger partial charge in [-0.1, -0.05) is 0 Å². The van der Waals surface area contributed by atoms with Gasteiger partial charge in [0.15, 0.2) is 11.6 Å². The minimum Gasteiger partial charge on any atom is -0.502 e. The summed E-state index contributed by atoms with van der Waals surface area (Å²) in [5.41, 5.74) is -0.702. The van der Waals surface area contributed by atoms with E-state index in [1.165, 1.54) is 18.3 Å². The van der Waals surface area contributed by atoms with E-state index >= 15 is 0 Å². The van der Waals surface area contributed by atoms with Crippen molar-refractivity contribution in [2.75, 3.05) is 4.72 Å². The molecule has 20 heavy (non-hydrogen) atoms. The SMILES string of the molecule is O=[N+]([O-])c1cc(S(=O)(=O)Nc2cccnn2)ccc1O. The van der Waals surface area contributed by atoms with E-state index in [1.807, 2.05) is 0 Å². The zero-order valence-electron chi connectivity index (χ0n) is 9.79. The van der Waals surface area contributed by atoms with Crippen LogP contribution in [0, 0.1) is 10.1 Å². The molecule has 0 aliphatic carbocycles. The van der Waals surface area contributed by atoms with Crippen molar-refractivity contribution in [2.45, 2.75) is 4.90 Å². The topological polar surface area (TPSA) is 135 Å². The number of hydrogen-bond acceptors (Lipinski definition) is 7. The Morgan fingerprint density at radius 1 is 1.30 bits per heavy atom. The van der Waals surface area contributed by atoms with Gasteiger partial charge in [-0.25, -0.2) is 8.42 Å². The predicted octanol–water partition coefficient (Wildman–Crippen LogP) is 0.891. The fourth-order valence-corrected chi connectivity index (χ4v) is 2.39. The Balaban J connectivity index is 2.40. The molecule has 0 aliphatic rings. The minimum absolute atomic E-state index is 0.0248. The van der Waals surface area contributed by atoms with Crippen molar-refractivity contribution in [1.82, 2.24) is 10.2 Å². The first-order valence-electron chi connectivity index (χ1n) is 5.18. The monoisotopic (exact) mass is 296 g/mol. The first-order chi connectivity index (χ1) is 9.40. The summed E-state index contributed by atoms with van der Waals surface area (Å²) >= 11 is 0. The molecule has 0 aliphatic heterocycles. The third-order valence-corrected chi connectivity index (χ3v) is 3.62. The lowest BCUT2D eigenvalue weighted by molar-refractivity contribution is -0.386. The number of anilines is 1. The van der Waals surface area contributed by atoms with Gasteiger partial charge in [-0.3, -0.25) is 14.8 Å². The first kappa shape index (κ1) is 13.7. The lowest BCUT2D eigenvalue weighted by Gasteiger charge is -2.06. The third kappa shape index (κ3) is 2.80. The second kappa shape index (κ2) is 5.09. The van der Waals surface area contributed by atoms with Gasteiger partial charge in [-0.05, 0) is 24.3 Å². The molecule has 0 spiro atoms. The third-order valence-electron chi connectivity index (χ3n) is 2.27. The van der Waals surface area contributed by atoms with Crippen molar-refractivity contribution in [1.29, 1.82) is 0 Å². The molecular weight excluding hydrogens is 288 g/mol. The fraction of sp³-hybridized carbons (Fsp3) is 0. The van der Waals surface area contributed by atoms with Crippen molar-refractivity contribution < 1.29 is 18.4 Å². The van der Waals surface area contributed by atoms with Gasteiger partial charge >= 0.3 is 5.69 Å². The van der Waals surface area contributed by atoms with Gasteiger partial charge in [0.2, 0.25) is 0 Å². The molecule has 0 fully saturated rings. The lowest BCUT2D eigenvalue weighted by Crippen LogP contribution is -2.14. The largest absolute Gasteiger partial charge is 0.502 e. The molecule has 0 radical (unpaired) electrons. The van der Waals surface area contributed by atoms with E-state index in [0.717, 1.165) is 18.2 Å². The number of benzene rings is 1. The highest BCUT2D eigenvalue weighted by molar-refractivity contribution is 7.92. The zero-order chi connectivity index (χ0) is 14.8. The lowest BCUT2D eigenvalue weighted by atomic mass is 10.3. The summed E-state index contributed by atoms with van der Waals surface area (Å²) < 4.78 is 26.1. The number of nitrogens with one attached hydrogen (secondary N) is 1. The summed E-state index contributed by atoms with van der Waals surface area (Å²) in [7, 11) is -4.05. The molecule has 2 rings (SSSR count). The molecule has 0 saturated carbocycles. The van der Waals surface area contributed by atoms with E-state index in [2.05, 4.69) is 14.9 Å². The molecule has 10 heteroatoms. The number of phenols is 1. The molecule has 0 amide bonds. The van der Waals surface area contributed by atoms with E-state index in [4.69, 9.17) is 0 Å². The van der Waals surface area contributed by atoms with Gasteiger partial charge < -0.3 is 5.11 Å². The molecule has 0 unspecified atom stereocenters. The number of aromatic nitrogens is 2. The van der Waals surface area contributed by atoms with E-state index in [-0.39, 0.29) is 10.7 Å². The normalized spacial score (nSPS) is 11.0. The fourth-order valence-electron chi connectivity index (χ4n) is 1.37. The Morgan fingerprint density at radius 3 is 2.65 bits per heavy atom. The average Bonchev–Trinajstić information content (AvgIpc) is 2.39. The van der Waals surface area contributed by atoms with Gasteiger partial charge in [0, 0.05) is 12.3 Å². The minimum atomic E-state index is -4.05. The summed E-state index contributed by atoms with van der Waals surface area (Å²) in [6.07, 6.45) is 1.36. The summed E-state index contributed by atoms with van der Waals surface area (Å²) in [5, 5.41) is 27.0. The number of nitro benzene ring substituents is 1. The second-order valence-electron chi connectivity index (χ2n) is 3.62. The molecule has 0 bridgehead atoms. The van der Waals surface area contributed by atoms with Gasteiger partial charge in [-0.2, -0.15) is 5.10 Å². The Labute approximate surface area is 113 Å². The summed E-state index contributed by atoms with van der Waals surface area (Å²) in [5.74, 6) is -0.642. The Hall–Kier alpha value is -2.75. The van der Waals surface area contributed by atoms with Gasteiger partial charge in [0.25, 0.3) is 10.0 Å². The standard InChI is InChI=1S/C10H8N4O5S/c15-9-4-3-7(6-8(9)14(16)17)20(18,19)13-10-2-1-5-11-12-10/h1-6,15H,(H,12,13). The van der Waals surface area contributed by atoms with Crippen LogP contribution in [-0.4, -0.2) is 28.6 Å². The number of phenolic OH excluding ortho intramolecular Hbond substituents is 1. The highest BCUT2D eigenvalue weighted by Crippen LogP contribution is 2.28. The number of rotatable bonds is 4. The predicted molar refractivity (Wildman–Crippen MR) is 67.6 cm³/mol. The van der Waals surface area contributed by atoms with Crippen molar-refractivity contribution in [2.24, 2.45) is 0 Å². The number of sulfonamides is 1. The van der Waals surface area contributed by atoms with E-state index in [1.54, 1.807) is 0 Å². The van der Waals surface area contributed by atoms with E-state index in [9.17, 15) is 23.6 Å². The second-order valence-corrected chi connectivity index (χ2v) is 5.30. The molecule has 2 aromatic rings. The van der Waals surface area contributed by atoms with Crippen LogP contribution in [0.1, 0.15) is 0 Å². The molecule has 104 valence electrons. The molecule has 2 N–H and O–H groups in total. The summed E-state index contributed by atoms with van der Waals surface area (Å²) in [4.78, 5) is 9.42. The van der Waals surface area contributed by atoms with Crippen LogP contribution in [0.2, 0.25) is 0 Å². The molecule has 1 aromatic carbocycles. The maximum absolute atomic E-state index is 12.0. The highest BCUT2D eigenvalue weighted by Gasteiger charge is 2.21. The molecule has 0 atom stereocenters. The Bertz CT molecular complexity index is 747. The molecule has 1 heterocycles. The van der Waals surface area contributed by atoms with Gasteiger partial charge in [-0.15, -0.1) is 5.10 Å². The molecule has 9 nitrogen and oxygen atoms in total. The van der Waals surface area contributed by atoms with Crippen molar-refractivity contribution in [3.63, 3.8) is 0 Å². The quantitative estimate of drug-likeness (QED) is 0.631. The highest BCUT2D eigenvalue weighted by atomic mass is 32.2. The van der Waals surface area contributed by atoms with Crippen molar-refractivity contribution in [3.05, 3.63) is 46.6 Å². The Kier molecular flexibility index (Phi) is 3.48. The van der Waals surface area contributed by atoms with E-state index < -0.39 is 26.4 Å². The zero-order valence-corrected chi connectivity index (χ0v) is 10.6. The first-order valence-corrected chi connectivity index (χ1v) is 6.66. The number of hydrogen-bond donors (Lipinski definition) is 2. The van der Waals surface area contributed by atoms with E-state index in [0.29, 0.717) is 0 Å². The number of nitrogens with zero attached hydrogens (tertiary/aromatic N) is 3. The summed E-state index contributed by atoms with van der Waals surface area (Å²) in [6.45, 7) is 0. The maximum Gasteiger partial charge on any atom is 0.312 e. The molecule has 1 aromatic heterocycles. The number of nitro groups is 1. The molecular formula is C10H8N4O5S. The van der Waals surface area contributed by atoms with Gasteiger partial charge in [0.05, 0.1) is 9.82 Å². The maximum atomic E-state index is 12.0. The van der Waals surface area contributed by atoms with Crippen molar-refractivity contribution >= 4 is 21.5 Å². The van der Waals surface area contributed by atoms with Gasteiger partial charge in [0.1, 0.15) is 0 Å². The Morgan fingerprint density at radius 2 is 2.05 bits per heavy atom. The van der Waals surface area contributed by atoms with Crippen LogP contribution >= 0.6 is 0 Å². The number of aromatic hydroxyl groups is 1. The van der Waals surface area contributed by atoms with Crippen LogP contribution < -0.4 is 4.72 Å². The van der Waals surface area contributed by atoms with Crippen LogP contribution in [0.5, 0.6) is 5.75 Å². The smallest absolute Gasteiger partial charge is 0.312 e. The average molecular weight is 296 g/mol.